The van der Waals surface area contributed by atoms with Crippen LogP contribution >= 0.6 is 0 Å². The number of rotatable bonds is 7. The van der Waals surface area contributed by atoms with E-state index < -0.39 is 35.8 Å². The molecule has 0 spiro atoms. The van der Waals surface area contributed by atoms with Gasteiger partial charge in [0.1, 0.15) is 12.6 Å². The maximum atomic E-state index is 12.6. The van der Waals surface area contributed by atoms with E-state index in [1.807, 2.05) is 49.7 Å². The molecule has 152 valence electrons. The maximum absolute atomic E-state index is 12.6. The largest absolute Gasteiger partial charge is 0.445 e. The van der Waals surface area contributed by atoms with Gasteiger partial charge in [-0.15, -0.1) is 0 Å². The number of hydrogen-bond acceptors (Lipinski definition) is 6. The lowest BCUT2D eigenvalue weighted by Gasteiger charge is -2.22. The first kappa shape index (κ1) is 21.4. The summed E-state index contributed by atoms with van der Waals surface area (Å²) in [5.74, 6) is -2.17. The molecule has 0 radical (unpaired) electrons. The fourth-order valence-electron chi connectivity index (χ4n) is 2.65. The minimum absolute atomic E-state index is 0.0707. The van der Waals surface area contributed by atoms with E-state index in [2.05, 4.69) is 10.6 Å². The van der Waals surface area contributed by atoms with Gasteiger partial charge in [-0.05, 0) is 17.9 Å². The molecule has 2 rings (SSSR count). The number of benzene rings is 1. The predicted octanol–water partition coefficient (Wildman–Crippen LogP) is 0.833. The molecule has 0 aromatic heterocycles. The van der Waals surface area contributed by atoms with E-state index in [-0.39, 0.29) is 25.6 Å². The molecule has 1 saturated heterocycles. The van der Waals surface area contributed by atoms with Gasteiger partial charge in [-0.25, -0.2) is 10.3 Å². The van der Waals surface area contributed by atoms with Gasteiger partial charge in [0.05, 0.1) is 12.6 Å². The maximum Gasteiger partial charge on any atom is 0.408 e. The van der Waals surface area contributed by atoms with Crippen molar-refractivity contribution < 1.29 is 28.8 Å². The quantitative estimate of drug-likeness (QED) is 0.592. The van der Waals surface area contributed by atoms with Gasteiger partial charge < -0.3 is 15.4 Å². The van der Waals surface area contributed by atoms with Gasteiger partial charge in [-0.3, -0.25) is 19.2 Å². The van der Waals surface area contributed by atoms with Crippen molar-refractivity contribution >= 4 is 23.7 Å². The fraction of sp³-hybridized carbons (Fsp3) is 0.474. The second-order valence-electron chi connectivity index (χ2n) is 6.88. The number of ether oxygens (including phenoxy) is 1. The van der Waals surface area contributed by atoms with Crippen LogP contribution in [0.4, 0.5) is 4.79 Å². The molecule has 0 bridgehead atoms. The molecule has 3 amide bonds. The lowest BCUT2D eigenvalue weighted by molar-refractivity contribution is -0.144. The Morgan fingerprint density at radius 2 is 1.96 bits per heavy atom. The Kier molecular flexibility index (Phi) is 7.94. The average Bonchev–Trinajstić information content (AvgIpc) is 2.82. The van der Waals surface area contributed by atoms with Crippen molar-refractivity contribution in [2.75, 3.05) is 6.61 Å². The Bertz CT molecular complexity index is 707. The molecule has 2 atom stereocenters. The molecule has 9 heteroatoms. The van der Waals surface area contributed by atoms with Crippen molar-refractivity contribution in [3.05, 3.63) is 35.9 Å². The Balaban J connectivity index is 1.95. The van der Waals surface area contributed by atoms with Gasteiger partial charge in [0.25, 0.3) is 0 Å². The third-order valence-electron chi connectivity index (χ3n) is 4.06. The molecule has 0 aliphatic carbocycles. The summed E-state index contributed by atoms with van der Waals surface area (Å²) in [6.07, 6.45) is -0.246. The zero-order chi connectivity index (χ0) is 20.5. The van der Waals surface area contributed by atoms with Crippen LogP contribution in [-0.4, -0.2) is 42.4 Å². The highest BCUT2D eigenvalue weighted by molar-refractivity contribution is 6.38. The standard InChI is InChI=1S/C19H25N3O6/c1-12(2)10-15(21-19(26)27-11-13-6-4-3-5-7-13)17(24)20-14-8-9-28-22-18(25)16(14)23/h3-7,12,14-15H,8-11H2,1-2H3,(H,20,24)(H,21,26)(H,22,25). The molecule has 1 aromatic carbocycles. The summed E-state index contributed by atoms with van der Waals surface area (Å²) in [6, 6.07) is 7.24. The van der Waals surface area contributed by atoms with Crippen molar-refractivity contribution in [3.8, 4) is 0 Å². The van der Waals surface area contributed by atoms with E-state index in [4.69, 9.17) is 9.57 Å². The van der Waals surface area contributed by atoms with Crippen LogP contribution in [0, 0.1) is 5.92 Å². The Labute approximate surface area is 163 Å². The monoisotopic (exact) mass is 391 g/mol. The van der Waals surface area contributed by atoms with Crippen LogP contribution < -0.4 is 16.1 Å². The van der Waals surface area contributed by atoms with Crippen LogP contribution in [0.3, 0.4) is 0 Å². The topological polar surface area (TPSA) is 123 Å². The highest BCUT2D eigenvalue weighted by Gasteiger charge is 2.32. The van der Waals surface area contributed by atoms with Crippen LogP contribution in [0.25, 0.3) is 0 Å². The second-order valence-corrected chi connectivity index (χ2v) is 6.88. The number of carbonyl (C=O) groups is 4. The van der Waals surface area contributed by atoms with Gasteiger partial charge in [-0.2, -0.15) is 0 Å². The number of amides is 3. The summed E-state index contributed by atoms with van der Waals surface area (Å²) in [5, 5.41) is 5.06. The molecule has 2 unspecified atom stereocenters. The van der Waals surface area contributed by atoms with E-state index in [1.54, 1.807) is 0 Å². The number of hydrogen-bond donors (Lipinski definition) is 3. The highest BCUT2D eigenvalue weighted by atomic mass is 16.7. The molecule has 1 aromatic rings. The minimum Gasteiger partial charge on any atom is -0.445 e. The van der Waals surface area contributed by atoms with Gasteiger partial charge in [0.15, 0.2) is 0 Å². The zero-order valence-corrected chi connectivity index (χ0v) is 15.9. The first-order valence-corrected chi connectivity index (χ1v) is 9.10. The van der Waals surface area contributed by atoms with Crippen LogP contribution in [-0.2, 0) is 30.6 Å². The molecule has 3 N–H and O–H groups in total. The molecule has 9 nitrogen and oxygen atoms in total. The van der Waals surface area contributed by atoms with Crippen LogP contribution in [0.5, 0.6) is 0 Å². The Morgan fingerprint density at radius 1 is 1.25 bits per heavy atom. The number of ketones is 1. The fourth-order valence-corrected chi connectivity index (χ4v) is 2.65. The SMILES string of the molecule is CC(C)CC(NC(=O)OCc1ccccc1)C(=O)NC1CCONC(=O)C1=O. The molecule has 1 aliphatic rings. The van der Waals surface area contributed by atoms with Crippen molar-refractivity contribution in [2.45, 2.75) is 45.4 Å². The molecule has 28 heavy (non-hydrogen) atoms. The summed E-state index contributed by atoms with van der Waals surface area (Å²) in [5.41, 5.74) is 2.81. The minimum atomic E-state index is -1.01. The number of Topliss-reactive ketones (excluding diaryl/α,β-unsaturated/α-hetero) is 1. The number of nitrogens with one attached hydrogen (secondary N) is 3. The van der Waals surface area contributed by atoms with E-state index >= 15 is 0 Å². The zero-order valence-electron chi connectivity index (χ0n) is 15.9. The first-order chi connectivity index (χ1) is 13.4. The van der Waals surface area contributed by atoms with E-state index in [1.165, 1.54) is 0 Å². The summed E-state index contributed by atoms with van der Waals surface area (Å²) >= 11 is 0. The summed E-state index contributed by atoms with van der Waals surface area (Å²) in [4.78, 5) is 53.0. The smallest absolute Gasteiger partial charge is 0.408 e. The highest BCUT2D eigenvalue weighted by Crippen LogP contribution is 2.08. The molecule has 0 saturated carbocycles. The number of carbonyl (C=O) groups excluding carboxylic acids is 4. The van der Waals surface area contributed by atoms with Crippen molar-refractivity contribution in [1.29, 1.82) is 0 Å². The average molecular weight is 391 g/mol. The summed E-state index contributed by atoms with van der Waals surface area (Å²) in [7, 11) is 0. The molecule has 1 aliphatic heterocycles. The molecular formula is C19H25N3O6. The second kappa shape index (κ2) is 10.4. The third-order valence-corrected chi connectivity index (χ3v) is 4.06. The van der Waals surface area contributed by atoms with Crippen molar-refractivity contribution in [2.24, 2.45) is 5.92 Å². The van der Waals surface area contributed by atoms with E-state index in [9.17, 15) is 19.2 Å². The first-order valence-electron chi connectivity index (χ1n) is 9.10. The van der Waals surface area contributed by atoms with Gasteiger partial charge in [0, 0.05) is 6.42 Å². The van der Waals surface area contributed by atoms with Gasteiger partial charge in [0.2, 0.25) is 11.7 Å². The predicted molar refractivity (Wildman–Crippen MR) is 98.7 cm³/mol. The van der Waals surface area contributed by atoms with E-state index in [0.29, 0.717) is 6.42 Å². The lowest BCUT2D eigenvalue weighted by Crippen LogP contribution is -2.53. The molecular weight excluding hydrogens is 366 g/mol. The normalized spacial score (nSPS) is 18.0. The van der Waals surface area contributed by atoms with Crippen LogP contribution in [0.1, 0.15) is 32.3 Å². The van der Waals surface area contributed by atoms with Gasteiger partial charge in [-0.1, -0.05) is 44.2 Å². The molecule has 1 heterocycles. The third kappa shape index (κ3) is 6.66. The molecule has 1 fully saturated rings. The Morgan fingerprint density at radius 3 is 2.64 bits per heavy atom. The summed E-state index contributed by atoms with van der Waals surface area (Å²) < 4.78 is 5.16. The van der Waals surface area contributed by atoms with Crippen molar-refractivity contribution in [1.82, 2.24) is 16.1 Å². The van der Waals surface area contributed by atoms with E-state index in [0.717, 1.165) is 5.56 Å². The number of hydroxylamine groups is 1. The summed E-state index contributed by atoms with van der Waals surface area (Å²) in [6.45, 7) is 3.95. The van der Waals surface area contributed by atoms with Crippen LogP contribution in [0.15, 0.2) is 30.3 Å². The van der Waals surface area contributed by atoms with Crippen LogP contribution in [0.2, 0.25) is 0 Å². The van der Waals surface area contributed by atoms with Gasteiger partial charge >= 0.3 is 12.0 Å². The number of alkyl carbamates (subject to hydrolysis) is 1. The Hall–Kier alpha value is -2.94. The van der Waals surface area contributed by atoms with Crippen molar-refractivity contribution in [3.63, 3.8) is 0 Å². The lowest BCUT2D eigenvalue weighted by atomic mass is 10.0.